The summed E-state index contributed by atoms with van der Waals surface area (Å²) in [5.74, 6) is 0.0105. The maximum Gasteiger partial charge on any atom is 0.195 e. The molecule has 0 aromatic carbocycles. The quantitative estimate of drug-likeness (QED) is 0.853. The van der Waals surface area contributed by atoms with E-state index >= 15 is 0 Å². The van der Waals surface area contributed by atoms with E-state index in [1.165, 1.54) is 6.07 Å². The van der Waals surface area contributed by atoms with Crippen LogP contribution in [0, 0.1) is 0 Å². The third kappa shape index (κ3) is 2.74. The van der Waals surface area contributed by atoms with E-state index in [1.54, 1.807) is 6.92 Å². The van der Waals surface area contributed by atoms with Crippen molar-refractivity contribution < 1.29 is 8.42 Å². The lowest BCUT2D eigenvalue weighted by Gasteiger charge is -2.05. The SMILES string of the molecule is CCCS(=O)(=O)c1cc(Cl)c(N)c(Cl)n1. The van der Waals surface area contributed by atoms with Crippen LogP contribution < -0.4 is 5.73 Å². The number of sulfone groups is 1. The van der Waals surface area contributed by atoms with Crippen LogP contribution >= 0.6 is 23.2 Å². The van der Waals surface area contributed by atoms with Crippen LogP contribution in [0.5, 0.6) is 0 Å². The summed E-state index contributed by atoms with van der Waals surface area (Å²) in [7, 11) is -3.41. The monoisotopic (exact) mass is 268 g/mol. The third-order valence-corrected chi connectivity index (χ3v) is 4.12. The third-order valence-electron chi connectivity index (χ3n) is 1.73. The first-order chi connectivity index (χ1) is 6.88. The minimum Gasteiger partial charge on any atom is -0.395 e. The summed E-state index contributed by atoms with van der Waals surface area (Å²) in [6.45, 7) is 1.76. The summed E-state index contributed by atoms with van der Waals surface area (Å²) in [5, 5.41) is -0.115. The molecule has 7 heteroatoms. The van der Waals surface area contributed by atoms with Gasteiger partial charge in [-0.3, -0.25) is 0 Å². The van der Waals surface area contributed by atoms with E-state index in [0.29, 0.717) is 6.42 Å². The van der Waals surface area contributed by atoms with Gasteiger partial charge in [0.2, 0.25) is 0 Å². The van der Waals surface area contributed by atoms with Crippen molar-refractivity contribution >= 4 is 38.7 Å². The number of anilines is 1. The lowest BCUT2D eigenvalue weighted by Crippen LogP contribution is -2.09. The molecule has 1 aromatic heterocycles. The van der Waals surface area contributed by atoms with Gasteiger partial charge in [-0.15, -0.1) is 0 Å². The van der Waals surface area contributed by atoms with Crippen molar-refractivity contribution in [2.45, 2.75) is 18.4 Å². The number of rotatable bonds is 3. The second-order valence-corrected chi connectivity index (χ2v) is 5.79. The number of hydrogen-bond acceptors (Lipinski definition) is 4. The first kappa shape index (κ1) is 12.5. The molecule has 0 saturated heterocycles. The minimum absolute atomic E-state index is 0.0105. The maximum atomic E-state index is 11.6. The average molecular weight is 269 g/mol. The molecule has 15 heavy (non-hydrogen) atoms. The van der Waals surface area contributed by atoms with Gasteiger partial charge in [0.25, 0.3) is 0 Å². The first-order valence-electron chi connectivity index (χ1n) is 4.22. The Bertz CT molecular complexity index is 451. The van der Waals surface area contributed by atoms with Gasteiger partial charge in [-0.25, -0.2) is 13.4 Å². The topological polar surface area (TPSA) is 73.0 Å². The highest BCUT2D eigenvalue weighted by Crippen LogP contribution is 2.28. The summed E-state index contributed by atoms with van der Waals surface area (Å²) in [5.41, 5.74) is 5.54. The van der Waals surface area contributed by atoms with E-state index in [4.69, 9.17) is 28.9 Å². The molecule has 0 amide bonds. The Labute approximate surface area is 98.3 Å². The molecule has 0 radical (unpaired) electrons. The predicted molar refractivity (Wildman–Crippen MR) is 61.0 cm³/mol. The average Bonchev–Trinajstić information content (AvgIpc) is 2.13. The van der Waals surface area contributed by atoms with Gasteiger partial charge in [0.15, 0.2) is 20.0 Å². The number of hydrogen-bond donors (Lipinski definition) is 1. The fraction of sp³-hybridized carbons (Fsp3) is 0.375. The van der Waals surface area contributed by atoms with E-state index in [-0.39, 0.29) is 26.6 Å². The second kappa shape index (κ2) is 4.55. The Morgan fingerprint density at radius 2 is 2.07 bits per heavy atom. The molecule has 0 fully saturated rings. The van der Waals surface area contributed by atoms with Crippen molar-refractivity contribution in [3.05, 3.63) is 16.2 Å². The number of aromatic nitrogens is 1. The Hall–Kier alpha value is -0.520. The van der Waals surface area contributed by atoms with Gasteiger partial charge in [0, 0.05) is 0 Å². The van der Waals surface area contributed by atoms with E-state index in [0.717, 1.165) is 0 Å². The molecule has 1 heterocycles. The molecule has 1 aromatic rings. The van der Waals surface area contributed by atoms with Crippen LogP contribution in [-0.4, -0.2) is 19.2 Å². The van der Waals surface area contributed by atoms with Crippen molar-refractivity contribution in [3.8, 4) is 0 Å². The Balaban J connectivity index is 3.29. The molecule has 0 atom stereocenters. The number of nitrogens with two attached hydrogens (primary N) is 1. The van der Waals surface area contributed by atoms with Gasteiger partial charge in [-0.1, -0.05) is 30.1 Å². The Kier molecular flexibility index (Phi) is 3.81. The van der Waals surface area contributed by atoms with Crippen LogP contribution in [0.25, 0.3) is 0 Å². The zero-order valence-corrected chi connectivity index (χ0v) is 10.3. The second-order valence-electron chi connectivity index (χ2n) is 2.97. The normalized spacial score (nSPS) is 11.7. The molecule has 0 aliphatic carbocycles. The van der Waals surface area contributed by atoms with E-state index in [9.17, 15) is 8.42 Å². The summed E-state index contributed by atoms with van der Waals surface area (Å²) in [4.78, 5) is 3.69. The van der Waals surface area contributed by atoms with Crippen molar-refractivity contribution in [2.24, 2.45) is 0 Å². The Morgan fingerprint density at radius 1 is 1.47 bits per heavy atom. The lowest BCUT2D eigenvalue weighted by atomic mass is 10.4. The van der Waals surface area contributed by atoms with E-state index < -0.39 is 9.84 Å². The molecule has 4 nitrogen and oxygen atoms in total. The fourth-order valence-electron chi connectivity index (χ4n) is 1.01. The fourth-order valence-corrected chi connectivity index (χ4v) is 2.83. The standard InChI is InChI=1S/C8H10Cl2N2O2S/c1-2-3-15(13,14)6-4-5(9)7(11)8(10)12-6/h4H,2-3,11H2,1H3. The molecule has 84 valence electrons. The number of nitrogen functional groups attached to an aromatic ring is 1. The molecule has 0 aliphatic heterocycles. The zero-order valence-electron chi connectivity index (χ0n) is 8.00. The minimum atomic E-state index is -3.41. The summed E-state index contributed by atoms with van der Waals surface area (Å²) >= 11 is 11.4. The van der Waals surface area contributed by atoms with Gasteiger partial charge >= 0.3 is 0 Å². The van der Waals surface area contributed by atoms with Crippen molar-refractivity contribution in [3.63, 3.8) is 0 Å². The highest BCUT2D eigenvalue weighted by Gasteiger charge is 2.18. The van der Waals surface area contributed by atoms with Crippen LogP contribution in [0.2, 0.25) is 10.2 Å². The van der Waals surface area contributed by atoms with Crippen LogP contribution in [0.15, 0.2) is 11.1 Å². The number of nitrogens with zero attached hydrogens (tertiary/aromatic N) is 1. The first-order valence-corrected chi connectivity index (χ1v) is 6.63. The van der Waals surface area contributed by atoms with Gasteiger partial charge in [-0.05, 0) is 12.5 Å². The smallest absolute Gasteiger partial charge is 0.195 e. The number of halogens is 2. The summed E-state index contributed by atoms with van der Waals surface area (Å²) in [6.07, 6.45) is 0.504. The highest BCUT2D eigenvalue weighted by atomic mass is 35.5. The van der Waals surface area contributed by atoms with E-state index in [2.05, 4.69) is 4.98 Å². The summed E-state index contributed by atoms with van der Waals surface area (Å²) < 4.78 is 23.3. The molecule has 0 saturated carbocycles. The zero-order chi connectivity index (χ0) is 11.6. The lowest BCUT2D eigenvalue weighted by molar-refractivity contribution is 0.591. The van der Waals surface area contributed by atoms with Crippen molar-refractivity contribution in [1.29, 1.82) is 0 Å². The van der Waals surface area contributed by atoms with Gasteiger partial charge < -0.3 is 5.73 Å². The molecule has 1 rings (SSSR count). The largest absolute Gasteiger partial charge is 0.395 e. The number of pyridine rings is 1. The molecule has 0 spiro atoms. The van der Waals surface area contributed by atoms with Gasteiger partial charge in [0.1, 0.15) is 0 Å². The molecule has 2 N–H and O–H groups in total. The van der Waals surface area contributed by atoms with Crippen LogP contribution in [0.3, 0.4) is 0 Å². The predicted octanol–water partition coefficient (Wildman–Crippen LogP) is 2.15. The van der Waals surface area contributed by atoms with Crippen molar-refractivity contribution in [2.75, 3.05) is 11.5 Å². The molecular weight excluding hydrogens is 259 g/mol. The Morgan fingerprint density at radius 3 is 2.53 bits per heavy atom. The van der Waals surface area contributed by atoms with Crippen molar-refractivity contribution in [1.82, 2.24) is 4.98 Å². The van der Waals surface area contributed by atoms with Gasteiger partial charge in [-0.2, -0.15) is 0 Å². The molecule has 0 bridgehead atoms. The van der Waals surface area contributed by atoms with Crippen LogP contribution in [0.4, 0.5) is 5.69 Å². The summed E-state index contributed by atoms with van der Waals surface area (Å²) in [6, 6.07) is 1.22. The highest BCUT2D eigenvalue weighted by molar-refractivity contribution is 7.91. The van der Waals surface area contributed by atoms with E-state index in [1.807, 2.05) is 0 Å². The molecule has 0 unspecified atom stereocenters. The molecule has 0 aliphatic rings. The molecular formula is C8H10Cl2N2O2S. The van der Waals surface area contributed by atoms with Crippen LogP contribution in [0.1, 0.15) is 13.3 Å². The maximum absolute atomic E-state index is 11.6. The van der Waals surface area contributed by atoms with Gasteiger partial charge in [0.05, 0.1) is 16.5 Å². The van der Waals surface area contributed by atoms with Crippen LogP contribution in [-0.2, 0) is 9.84 Å².